The van der Waals surface area contributed by atoms with E-state index >= 15 is 0 Å². The largest absolute Gasteiger partial charge is 0.493 e. The molecule has 1 aromatic heterocycles. The van der Waals surface area contributed by atoms with Crippen molar-refractivity contribution in [2.75, 3.05) is 25.7 Å². The molecule has 2 aromatic carbocycles. The Morgan fingerprint density at radius 1 is 1.18 bits per heavy atom. The van der Waals surface area contributed by atoms with E-state index in [0.29, 0.717) is 33.7 Å². The molecular weight excluding hydrogens is 465 g/mol. The number of fused-ring (bicyclic) bond motifs is 1. The number of hydrogen-bond donors (Lipinski definition) is 1. The molecule has 172 valence electrons. The zero-order chi connectivity index (χ0) is 23.4. The van der Waals surface area contributed by atoms with Gasteiger partial charge in [0.1, 0.15) is 5.82 Å². The molecule has 1 aliphatic rings. The number of rotatable bonds is 8. The van der Waals surface area contributed by atoms with Crippen LogP contribution in [0.2, 0.25) is 0 Å². The maximum absolute atomic E-state index is 13.3. The van der Waals surface area contributed by atoms with Crippen molar-refractivity contribution in [3.63, 3.8) is 0 Å². The summed E-state index contributed by atoms with van der Waals surface area (Å²) in [6.07, 6.45) is 0.715. The second kappa shape index (κ2) is 10.3. The fourth-order valence-corrected chi connectivity index (χ4v) is 5.25. The molecule has 0 radical (unpaired) electrons. The van der Waals surface area contributed by atoms with Crippen LogP contribution in [0.5, 0.6) is 11.5 Å². The van der Waals surface area contributed by atoms with Gasteiger partial charge in [-0.2, -0.15) is 0 Å². The summed E-state index contributed by atoms with van der Waals surface area (Å²) < 4.78 is 25.2. The van der Waals surface area contributed by atoms with Crippen LogP contribution in [0.15, 0.2) is 57.3 Å². The number of amides is 1. The number of nitrogens with zero attached hydrogens (tertiary/aromatic N) is 2. The predicted molar refractivity (Wildman–Crippen MR) is 126 cm³/mol. The summed E-state index contributed by atoms with van der Waals surface area (Å²) in [6.45, 7) is 0.288. The van der Waals surface area contributed by atoms with Gasteiger partial charge in [-0.25, -0.2) is 9.37 Å². The summed E-state index contributed by atoms with van der Waals surface area (Å²) >= 11 is 2.68. The minimum Gasteiger partial charge on any atom is -0.493 e. The monoisotopic (exact) mass is 487 g/mol. The van der Waals surface area contributed by atoms with Gasteiger partial charge in [0.25, 0.3) is 5.56 Å². The zero-order valence-electron chi connectivity index (χ0n) is 18.1. The summed E-state index contributed by atoms with van der Waals surface area (Å²) in [5.41, 5.74) is 1.97. The molecule has 33 heavy (non-hydrogen) atoms. The Morgan fingerprint density at radius 2 is 1.94 bits per heavy atom. The third-order valence-electron chi connectivity index (χ3n) is 5.03. The van der Waals surface area contributed by atoms with Gasteiger partial charge in [0.05, 0.1) is 36.2 Å². The number of aromatic nitrogens is 2. The van der Waals surface area contributed by atoms with Gasteiger partial charge in [-0.3, -0.25) is 14.2 Å². The molecular formula is C23H22FN3O4S2. The molecule has 0 saturated carbocycles. The van der Waals surface area contributed by atoms with Crippen LogP contribution >= 0.6 is 23.5 Å². The van der Waals surface area contributed by atoms with Crippen LogP contribution in [-0.2, 0) is 17.8 Å². The number of hydrogen-bond acceptors (Lipinski definition) is 7. The highest BCUT2D eigenvalue weighted by atomic mass is 32.2. The molecule has 2 heterocycles. The lowest BCUT2D eigenvalue weighted by molar-refractivity contribution is -0.118. The Morgan fingerprint density at radius 3 is 2.67 bits per heavy atom. The van der Waals surface area contributed by atoms with E-state index in [-0.39, 0.29) is 29.6 Å². The van der Waals surface area contributed by atoms with Crippen LogP contribution in [0, 0.1) is 5.82 Å². The first-order chi connectivity index (χ1) is 16.0. The van der Waals surface area contributed by atoms with Crippen molar-refractivity contribution in [3.05, 3.63) is 69.9 Å². The van der Waals surface area contributed by atoms with Crippen molar-refractivity contribution in [1.29, 1.82) is 0 Å². The third kappa shape index (κ3) is 5.17. The maximum Gasteiger partial charge on any atom is 0.272 e. The Hall–Kier alpha value is -2.98. The van der Waals surface area contributed by atoms with E-state index < -0.39 is 0 Å². The molecule has 1 aliphatic heterocycles. The van der Waals surface area contributed by atoms with Crippen LogP contribution in [0.4, 0.5) is 4.39 Å². The van der Waals surface area contributed by atoms with Crippen molar-refractivity contribution in [1.82, 2.24) is 14.9 Å². The lowest BCUT2D eigenvalue weighted by Gasteiger charge is -2.15. The van der Waals surface area contributed by atoms with Gasteiger partial charge in [-0.05, 0) is 29.8 Å². The van der Waals surface area contributed by atoms with Crippen LogP contribution in [0.3, 0.4) is 0 Å². The van der Waals surface area contributed by atoms with Crippen molar-refractivity contribution in [2.45, 2.75) is 23.0 Å². The Bertz CT molecular complexity index is 1230. The highest BCUT2D eigenvalue weighted by molar-refractivity contribution is 8.00. The number of aryl methyl sites for hydroxylation is 1. The molecule has 0 saturated heterocycles. The summed E-state index contributed by atoms with van der Waals surface area (Å²) in [5.74, 6) is 1.37. The standard InChI is InChI=1S/C23H22FN3O4S2/c1-30-18-8-7-16(11-19(18)31-2)27-22(29)21-17(9-10-32-21)26-23(27)33-13-20(28)25-12-14-3-5-15(24)6-4-14/h3-8,11H,9-10,12-13H2,1-2H3,(H,25,28). The van der Waals surface area contributed by atoms with E-state index in [9.17, 15) is 14.0 Å². The SMILES string of the molecule is COc1ccc(-n2c(SCC(=O)NCc3ccc(F)cc3)nc3c(c2=O)SCC3)cc1OC. The normalized spacial score (nSPS) is 12.3. The van der Waals surface area contributed by atoms with Crippen LogP contribution in [-0.4, -0.2) is 41.2 Å². The summed E-state index contributed by atoms with van der Waals surface area (Å²) in [6, 6.07) is 11.1. The van der Waals surface area contributed by atoms with Gasteiger partial charge >= 0.3 is 0 Å². The molecule has 1 N–H and O–H groups in total. The van der Waals surface area contributed by atoms with E-state index in [1.54, 1.807) is 37.4 Å². The molecule has 0 bridgehead atoms. The number of methoxy groups -OCH3 is 2. The predicted octanol–water partition coefficient (Wildman–Crippen LogP) is 3.45. The van der Waals surface area contributed by atoms with E-state index in [0.717, 1.165) is 17.0 Å². The molecule has 3 aromatic rings. The Balaban J connectivity index is 1.57. The minimum absolute atomic E-state index is 0.0762. The van der Waals surface area contributed by atoms with Crippen molar-refractivity contribution in [2.24, 2.45) is 0 Å². The maximum atomic E-state index is 13.3. The molecule has 1 amide bonds. The minimum atomic E-state index is -0.324. The van der Waals surface area contributed by atoms with E-state index in [4.69, 9.17) is 14.5 Å². The molecule has 10 heteroatoms. The van der Waals surface area contributed by atoms with Gasteiger partial charge in [-0.15, -0.1) is 11.8 Å². The number of halogens is 1. The Labute approximate surface area is 198 Å². The molecule has 4 rings (SSSR count). The average Bonchev–Trinajstić information content (AvgIpc) is 3.31. The topological polar surface area (TPSA) is 82.5 Å². The summed E-state index contributed by atoms with van der Waals surface area (Å²) in [7, 11) is 3.07. The first-order valence-electron chi connectivity index (χ1n) is 10.1. The van der Waals surface area contributed by atoms with Crippen LogP contribution in [0.1, 0.15) is 11.3 Å². The van der Waals surface area contributed by atoms with Gasteiger partial charge in [-0.1, -0.05) is 23.9 Å². The quantitative estimate of drug-likeness (QED) is 0.385. The van der Waals surface area contributed by atoms with E-state index in [1.165, 1.54) is 47.3 Å². The molecule has 0 unspecified atom stereocenters. The molecule has 0 aliphatic carbocycles. The van der Waals surface area contributed by atoms with Gasteiger partial charge in [0, 0.05) is 24.8 Å². The lowest BCUT2D eigenvalue weighted by Crippen LogP contribution is -2.27. The van der Waals surface area contributed by atoms with E-state index in [1.807, 2.05) is 0 Å². The number of thioether (sulfide) groups is 2. The Kier molecular flexibility index (Phi) is 7.24. The number of carbonyl (C=O) groups is 1. The van der Waals surface area contributed by atoms with E-state index in [2.05, 4.69) is 5.32 Å². The van der Waals surface area contributed by atoms with Crippen molar-refractivity contribution < 1.29 is 18.7 Å². The average molecular weight is 488 g/mol. The van der Waals surface area contributed by atoms with Crippen LogP contribution < -0.4 is 20.3 Å². The van der Waals surface area contributed by atoms with Gasteiger partial charge in [0.2, 0.25) is 5.91 Å². The fourth-order valence-electron chi connectivity index (χ4n) is 3.36. The number of nitrogens with one attached hydrogen (secondary N) is 1. The van der Waals surface area contributed by atoms with Crippen molar-refractivity contribution in [3.8, 4) is 17.2 Å². The first kappa shape index (κ1) is 23.2. The second-order valence-electron chi connectivity index (χ2n) is 7.14. The molecule has 0 atom stereocenters. The number of ether oxygens (including phenoxy) is 2. The van der Waals surface area contributed by atoms with Crippen molar-refractivity contribution >= 4 is 29.4 Å². The number of carbonyl (C=O) groups excluding carboxylic acids is 1. The lowest BCUT2D eigenvalue weighted by atomic mass is 10.2. The first-order valence-corrected chi connectivity index (χ1v) is 12.1. The second-order valence-corrected chi connectivity index (χ2v) is 9.19. The zero-order valence-corrected chi connectivity index (χ0v) is 19.7. The van der Waals surface area contributed by atoms with Crippen LogP contribution in [0.25, 0.3) is 5.69 Å². The molecule has 7 nitrogen and oxygen atoms in total. The number of benzene rings is 2. The van der Waals surface area contributed by atoms with Gasteiger partial charge in [0.15, 0.2) is 16.7 Å². The summed E-state index contributed by atoms with van der Waals surface area (Å²) in [4.78, 5) is 31.1. The molecule has 0 fully saturated rings. The third-order valence-corrected chi connectivity index (χ3v) is 7.07. The summed E-state index contributed by atoms with van der Waals surface area (Å²) in [5, 5.41) is 3.25. The van der Waals surface area contributed by atoms with Gasteiger partial charge < -0.3 is 14.8 Å². The highest BCUT2D eigenvalue weighted by Crippen LogP contribution is 2.33. The molecule has 0 spiro atoms. The fraction of sp³-hybridized carbons (Fsp3) is 0.261. The highest BCUT2D eigenvalue weighted by Gasteiger charge is 2.23. The smallest absolute Gasteiger partial charge is 0.272 e.